The van der Waals surface area contributed by atoms with Crippen molar-refractivity contribution in [3.8, 4) is 0 Å². The van der Waals surface area contributed by atoms with E-state index in [0.717, 1.165) is 10.9 Å². The monoisotopic (exact) mass is 219 g/mol. The molecular weight excluding hydrogens is 206 g/mol. The lowest BCUT2D eigenvalue weighted by Crippen LogP contribution is -2.35. The summed E-state index contributed by atoms with van der Waals surface area (Å²) in [5.74, 6) is -0.279. The zero-order chi connectivity index (χ0) is 11.5. The molecule has 5 heteroatoms. The van der Waals surface area contributed by atoms with Gasteiger partial charge in [-0.05, 0) is 13.0 Å². The van der Waals surface area contributed by atoms with E-state index in [9.17, 15) is 4.79 Å². The zero-order valence-electron chi connectivity index (χ0n) is 8.90. The number of fused-ring (bicyclic) bond motifs is 1. The molecule has 2 aromatic rings. The summed E-state index contributed by atoms with van der Waals surface area (Å²) in [6.07, 6.45) is 0. The third-order valence-corrected chi connectivity index (χ3v) is 2.34. The van der Waals surface area contributed by atoms with Crippen molar-refractivity contribution in [1.82, 2.24) is 15.5 Å². The lowest BCUT2D eigenvalue weighted by molar-refractivity contribution is 0.0919. The summed E-state index contributed by atoms with van der Waals surface area (Å²) >= 11 is 0. The summed E-state index contributed by atoms with van der Waals surface area (Å²) in [6.45, 7) is 1.64. The molecule has 0 saturated carbocycles. The number of aliphatic hydroxyl groups excluding tert-OH is 1. The van der Waals surface area contributed by atoms with Crippen molar-refractivity contribution in [2.24, 2.45) is 0 Å². The van der Waals surface area contributed by atoms with Crippen molar-refractivity contribution in [2.45, 2.75) is 13.0 Å². The molecule has 0 aliphatic rings. The third-order valence-electron chi connectivity index (χ3n) is 2.34. The number of H-pyrrole nitrogens is 1. The van der Waals surface area contributed by atoms with Crippen LogP contribution in [0.5, 0.6) is 0 Å². The molecule has 3 N–H and O–H groups in total. The fourth-order valence-corrected chi connectivity index (χ4v) is 1.47. The molecule has 5 nitrogen and oxygen atoms in total. The Bertz CT molecular complexity index is 507. The van der Waals surface area contributed by atoms with E-state index in [2.05, 4.69) is 15.5 Å². The van der Waals surface area contributed by atoms with E-state index in [1.165, 1.54) is 0 Å². The van der Waals surface area contributed by atoms with Gasteiger partial charge in [0, 0.05) is 11.4 Å². The molecule has 0 saturated heterocycles. The number of aliphatic hydroxyl groups is 1. The Morgan fingerprint density at radius 3 is 3.06 bits per heavy atom. The highest BCUT2D eigenvalue weighted by Gasteiger charge is 2.15. The van der Waals surface area contributed by atoms with Gasteiger partial charge in [0.2, 0.25) is 0 Å². The lowest BCUT2D eigenvalue weighted by Gasteiger charge is -2.08. The van der Waals surface area contributed by atoms with E-state index in [-0.39, 0.29) is 18.6 Å². The third kappa shape index (κ3) is 1.90. The number of carbonyl (C=O) groups excluding carboxylic acids is 1. The minimum absolute atomic E-state index is 0.0892. The molecule has 16 heavy (non-hydrogen) atoms. The van der Waals surface area contributed by atoms with E-state index >= 15 is 0 Å². The zero-order valence-corrected chi connectivity index (χ0v) is 8.90. The second-order valence-corrected chi connectivity index (χ2v) is 3.67. The largest absolute Gasteiger partial charge is 0.394 e. The maximum Gasteiger partial charge on any atom is 0.272 e. The van der Waals surface area contributed by atoms with Crippen LogP contribution in [0, 0.1) is 0 Å². The molecule has 1 heterocycles. The van der Waals surface area contributed by atoms with Gasteiger partial charge >= 0.3 is 0 Å². The van der Waals surface area contributed by atoms with Gasteiger partial charge in [0.05, 0.1) is 12.1 Å². The van der Waals surface area contributed by atoms with E-state index in [0.29, 0.717) is 5.69 Å². The molecule has 0 bridgehead atoms. The van der Waals surface area contributed by atoms with Crippen molar-refractivity contribution < 1.29 is 9.90 Å². The van der Waals surface area contributed by atoms with Gasteiger partial charge in [-0.3, -0.25) is 9.89 Å². The van der Waals surface area contributed by atoms with Crippen LogP contribution in [0.25, 0.3) is 10.9 Å². The topological polar surface area (TPSA) is 78.0 Å². The fourth-order valence-electron chi connectivity index (χ4n) is 1.47. The van der Waals surface area contributed by atoms with Crippen LogP contribution < -0.4 is 5.32 Å². The number of hydrogen-bond acceptors (Lipinski definition) is 3. The maximum atomic E-state index is 11.8. The average Bonchev–Trinajstić information content (AvgIpc) is 2.72. The Balaban J connectivity index is 2.30. The van der Waals surface area contributed by atoms with Crippen LogP contribution in [-0.2, 0) is 0 Å². The summed E-state index contributed by atoms with van der Waals surface area (Å²) in [6, 6.07) is 7.14. The molecule has 84 valence electrons. The summed E-state index contributed by atoms with van der Waals surface area (Å²) < 4.78 is 0. The van der Waals surface area contributed by atoms with Crippen molar-refractivity contribution in [3.63, 3.8) is 0 Å². The quantitative estimate of drug-likeness (QED) is 0.710. The molecule has 2 rings (SSSR count). The molecular formula is C11H13N3O2. The number of rotatable bonds is 3. The van der Waals surface area contributed by atoms with E-state index in [1.807, 2.05) is 24.3 Å². The fraction of sp³-hybridized carbons (Fsp3) is 0.273. The van der Waals surface area contributed by atoms with E-state index in [4.69, 9.17) is 5.11 Å². The number of benzene rings is 1. The van der Waals surface area contributed by atoms with Gasteiger partial charge in [-0.2, -0.15) is 5.10 Å². The summed E-state index contributed by atoms with van der Waals surface area (Å²) in [5, 5.41) is 19.0. The minimum Gasteiger partial charge on any atom is -0.394 e. The SMILES string of the molecule is C[C@H](CO)NC(=O)c1n[nH]c2ccccc12. The van der Waals surface area contributed by atoms with Gasteiger partial charge in [0.15, 0.2) is 5.69 Å². The predicted octanol–water partition coefficient (Wildman–Crippen LogP) is 0.673. The summed E-state index contributed by atoms with van der Waals surface area (Å²) in [4.78, 5) is 11.8. The standard InChI is InChI=1S/C11H13N3O2/c1-7(6-15)12-11(16)10-8-4-2-3-5-9(8)13-14-10/h2-5,7,15H,6H2,1H3,(H,12,16)(H,13,14)/t7-/m1/s1. The van der Waals surface area contributed by atoms with Crippen LogP contribution >= 0.6 is 0 Å². The van der Waals surface area contributed by atoms with E-state index in [1.54, 1.807) is 6.92 Å². The Morgan fingerprint density at radius 2 is 2.31 bits per heavy atom. The van der Waals surface area contributed by atoms with Gasteiger partial charge in [-0.15, -0.1) is 0 Å². The Hall–Kier alpha value is -1.88. The molecule has 0 spiro atoms. The summed E-state index contributed by atoms with van der Waals surface area (Å²) in [7, 11) is 0. The number of carbonyl (C=O) groups is 1. The van der Waals surface area contributed by atoms with Crippen molar-refractivity contribution in [2.75, 3.05) is 6.61 Å². The van der Waals surface area contributed by atoms with Crippen LogP contribution in [0.4, 0.5) is 0 Å². The van der Waals surface area contributed by atoms with Gasteiger partial charge in [0.1, 0.15) is 0 Å². The molecule has 1 amide bonds. The van der Waals surface area contributed by atoms with E-state index < -0.39 is 0 Å². The van der Waals surface area contributed by atoms with Crippen LogP contribution in [0.3, 0.4) is 0 Å². The second-order valence-electron chi connectivity index (χ2n) is 3.67. The number of aromatic nitrogens is 2. The van der Waals surface area contributed by atoms with Crippen LogP contribution in [-0.4, -0.2) is 33.9 Å². The number of para-hydroxylation sites is 1. The van der Waals surface area contributed by atoms with Crippen molar-refractivity contribution in [3.05, 3.63) is 30.0 Å². The first-order chi connectivity index (χ1) is 7.72. The molecule has 0 fully saturated rings. The van der Waals surface area contributed by atoms with Crippen molar-refractivity contribution >= 4 is 16.8 Å². The normalized spacial score (nSPS) is 12.6. The van der Waals surface area contributed by atoms with Gasteiger partial charge in [0.25, 0.3) is 5.91 Å². The van der Waals surface area contributed by atoms with Gasteiger partial charge in [-0.1, -0.05) is 18.2 Å². The average molecular weight is 219 g/mol. The molecule has 0 aliphatic carbocycles. The molecule has 0 unspecified atom stereocenters. The highest BCUT2D eigenvalue weighted by atomic mass is 16.3. The Kier molecular flexibility index (Phi) is 2.87. The molecule has 0 radical (unpaired) electrons. The highest BCUT2D eigenvalue weighted by molar-refractivity contribution is 6.04. The predicted molar refractivity (Wildman–Crippen MR) is 60.1 cm³/mol. The second kappa shape index (κ2) is 4.32. The number of hydrogen-bond donors (Lipinski definition) is 3. The number of aromatic amines is 1. The first-order valence-corrected chi connectivity index (χ1v) is 5.07. The first kappa shape index (κ1) is 10.6. The van der Waals surface area contributed by atoms with Crippen LogP contribution in [0.1, 0.15) is 17.4 Å². The first-order valence-electron chi connectivity index (χ1n) is 5.07. The summed E-state index contributed by atoms with van der Waals surface area (Å²) in [5.41, 5.74) is 1.18. The van der Waals surface area contributed by atoms with Crippen molar-refractivity contribution in [1.29, 1.82) is 0 Å². The van der Waals surface area contributed by atoms with Gasteiger partial charge in [-0.25, -0.2) is 0 Å². The maximum absolute atomic E-state index is 11.8. The number of nitrogens with zero attached hydrogens (tertiary/aromatic N) is 1. The minimum atomic E-state index is -0.279. The number of amides is 1. The molecule has 1 atom stereocenters. The lowest BCUT2D eigenvalue weighted by atomic mass is 10.2. The highest BCUT2D eigenvalue weighted by Crippen LogP contribution is 2.14. The molecule has 1 aromatic carbocycles. The Labute approximate surface area is 92.5 Å². The molecule has 0 aliphatic heterocycles. The van der Waals surface area contributed by atoms with Crippen LogP contribution in [0.15, 0.2) is 24.3 Å². The molecule has 1 aromatic heterocycles. The smallest absolute Gasteiger partial charge is 0.272 e. The van der Waals surface area contributed by atoms with Gasteiger partial charge < -0.3 is 10.4 Å². The Morgan fingerprint density at radius 1 is 1.56 bits per heavy atom. The number of nitrogens with one attached hydrogen (secondary N) is 2. The van der Waals surface area contributed by atoms with Crippen LogP contribution in [0.2, 0.25) is 0 Å².